The Hall–Kier alpha value is -2.41. The fourth-order valence-electron chi connectivity index (χ4n) is 2.96. The van der Waals surface area contributed by atoms with Gasteiger partial charge in [0.15, 0.2) is 9.84 Å². The fourth-order valence-corrected chi connectivity index (χ4v) is 4.21. The number of benzene rings is 1. The quantitative estimate of drug-likeness (QED) is 0.775. The van der Waals surface area contributed by atoms with Gasteiger partial charge in [0.2, 0.25) is 5.91 Å². The molecule has 2 aromatic rings. The second-order valence-electron chi connectivity index (χ2n) is 6.27. The molecule has 0 atom stereocenters. The number of sulfone groups is 1. The van der Waals surface area contributed by atoms with Crippen molar-refractivity contribution in [2.75, 3.05) is 18.8 Å². The van der Waals surface area contributed by atoms with Gasteiger partial charge in [0.1, 0.15) is 11.9 Å². The highest BCUT2D eigenvalue weighted by atomic mass is 32.2. The van der Waals surface area contributed by atoms with Gasteiger partial charge in [0, 0.05) is 38.5 Å². The maximum atomic E-state index is 12.4. The van der Waals surface area contributed by atoms with E-state index in [9.17, 15) is 13.2 Å². The van der Waals surface area contributed by atoms with Crippen LogP contribution in [-0.2, 0) is 14.6 Å². The van der Waals surface area contributed by atoms with E-state index < -0.39 is 9.84 Å². The van der Waals surface area contributed by atoms with E-state index in [0.717, 1.165) is 18.6 Å². The minimum absolute atomic E-state index is 0.00531. The lowest BCUT2D eigenvalue weighted by Crippen LogP contribution is -2.42. The minimum atomic E-state index is -3.42. The number of aromatic nitrogens is 1. The zero-order valence-electron chi connectivity index (χ0n) is 14.5. The number of nitrogens with zero attached hydrogens (tertiary/aromatic N) is 2. The summed E-state index contributed by atoms with van der Waals surface area (Å²) in [6.07, 6.45) is 4.88. The molecule has 7 heteroatoms. The van der Waals surface area contributed by atoms with Crippen molar-refractivity contribution in [3.05, 3.63) is 54.9 Å². The van der Waals surface area contributed by atoms with Gasteiger partial charge in [-0.3, -0.25) is 9.78 Å². The molecule has 0 unspecified atom stereocenters. The largest absolute Gasteiger partial charge is 0.489 e. The molecule has 1 aliphatic rings. The lowest BCUT2D eigenvalue weighted by atomic mass is 10.1. The van der Waals surface area contributed by atoms with Crippen LogP contribution in [0.25, 0.3) is 0 Å². The Bertz CT molecular complexity index is 817. The molecular weight excluding hydrogens is 352 g/mol. The first-order valence-corrected chi connectivity index (χ1v) is 10.3. The second kappa shape index (κ2) is 8.31. The Kier molecular flexibility index (Phi) is 5.88. The normalized spacial score (nSPS) is 15.6. The van der Waals surface area contributed by atoms with Crippen molar-refractivity contribution in [2.45, 2.75) is 30.3 Å². The van der Waals surface area contributed by atoms with Crippen LogP contribution in [-0.4, -0.2) is 49.2 Å². The van der Waals surface area contributed by atoms with Crippen LogP contribution >= 0.6 is 0 Å². The van der Waals surface area contributed by atoms with Crippen LogP contribution < -0.4 is 4.74 Å². The Morgan fingerprint density at radius 3 is 2.50 bits per heavy atom. The van der Waals surface area contributed by atoms with E-state index in [1.807, 2.05) is 12.1 Å². The van der Waals surface area contributed by atoms with Crippen molar-refractivity contribution in [1.82, 2.24) is 9.88 Å². The van der Waals surface area contributed by atoms with E-state index in [-0.39, 0.29) is 29.1 Å². The number of hydrogen-bond donors (Lipinski definition) is 0. The zero-order chi connectivity index (χ0) is 18.4. The molecule has 0 aliphatic carbocycles. The molecule has 2 heterocycles. The predicted octanol–water partition coefficient (Wildman–Crippen LogP) is 2.32. The van der Waals surface area contributed by atoms with E-state index in [1.54, 1.807) is 47.6 Å². The van der Waals surface area contributed by atoms with Gasteiger partial charge in [-0.2, -0.15) is 0 Å². The number of rotatable bonds is 6. The number of hydrogen-bond acceptors (Lipinski definition) is 5. The number of pyridine rings is 1. The van der Waals surface area contributed by atoms with Gasteiger partial charge >= 0.3 is 0 Å². The summed E-state index contributed by atoms with van der Waals surface area (Å²) in [6, 6.07) is 11.9. The molecule has 1 fully saturated rings. The van der Waals surface area contributed by atoms with Crippen molar-refractivity contribution in [3.8, 4) is 5.75 Å². The molecule has 1 aliphatic heterocycles. The summed E-state index contributed by atoms with van der Waals surface area (Å²) >= 11 is 0. The summed E-state index contributed by atoms with van der Waals surface area (Å²) in [4.78, 5) is 18.4. The number of piperidine rings is 1. The Balaban J connectivity index is 1.47. The van der Waals surface area contributed by atoms with Crippen molar-refractivity contribution in [3.63, 3.8) is 0 Å². The molecule has 26 heavy (non-hydrogen) atoms. The van der Waals surface area contributed by atoms with E-state index in [4.69, 9.17) is 4.74 Å². The molecule has 3 rings (SSSR count). The van der Waals surface area contributed by atoms with Gasteiger partial charge in [-0.25, -0.2) is 8.42 Å². The predicted molar refractivity (Wildman–Crippen MR) is 97.6 cm³/mol. The first-order valence-electron chi connectivity index (χ1n) is 8.67. The molecule has 1 saturated heterocycles. The van der Waals surface area contributed by atoms with Crippen molar-refractivity contribution in [2.24, 2.45) is 0 Å². The third kappa shape index (κ3) is 4.82. The van der Waals surface area contributed by atoms with Crippen LogP contribution in [0, 0.1) is 0 Å². The molecule has 1 amide bonds. The van der Waals surface area contributed by atoms with Crippen LogP contribution in [0.2, 0.25) is 0 Å². The van der Waals surface area contributed by atoms with Crippen LogP contribution in [0.4, 0.5) is 0 Å². The van der Waals surface area contributed by atoms with E-state index >= 15 is 0 Å². The summed E-state index contributed by atoms with van der Waals surface area (Å²) < 4.78 is 30.4. The molecule has 0 radical (unpaired) electrons. The standard InChI is InChI=1S/C19H22N2O4S/c22-19(10-14-26(23,24)18-6-2-1-3-7-18)21-12-8-16(9-13-21)25-17-5-4-11-20-15-17/h1-7,11,15-16H,8-10,12-14H2. The topological polar surface area (TPSA) is 76.6 Å². The maximum absolute atomic E-state index is 12.4. The van der Waals surface area contributed by atoms with Crippen molar-refractivity contribution >= 4 is 15.7 Å². The van der Waals surface area contributed by atoms with E-state index in [2.05, 4.69) is 4.98 Å². The average Bonchev–Trinajstić information content (AvgIpc) is 2.68. The van der Waals surface area contributed by atoms with Crippen LogP contribution in [0.1, 0.15) is 19.3 Å². The van der Waals surface area contributed by atoms with Crippen LogP contribution in [0.15, 0.2) is 59.8 Å². The monoisotopic (exact) mass is 374 g/mol. The number of carbonyl (C=O) groups is 1. The first kappa shape index (κ1) is 18.4. The van der Waals surface area contributed by atoms with Gasteiger partial charge in [-0.05, 0) is 24.3 Å². The minimum Gasteiger partial charge on any atom is -0.489 e. The highest BCUT2D eigenvalue weighted by Crippen LogP contribution is 2.19. The summed E-state index contributed by atoms with van der Waals surface area (Å²) in [5.74, 6) is 0.442. The van der Waals surface area contributed by atoms with Crippen LogP contribution in [0.3, 0.4) is 0 Å². The summed E-state index contributed by atoms with van der Waals surface area (Å²) in [5.41, 5.74) is 0. The first-order chi connectivity index (χ1) is 12.5. The number of carbonyl (C=O) groups excluding carboxylic acids is 1. The van der Waals surface area contributed by atoms with Gasteiger partial charge in [-0.15, -0.1) is 0 Å². The lowest BCUT2D eigenvalue weighted by molar-refractivity contribution is -0.132. The number of likely N-dealkylation sites (tertiary alicyclic amines) is 1. The fraction of sp³-hybridized carbons (Fsp3) is 0.368. The molecule has 6 nitrogen and oxygen atoms in total. The Morgan fingerprint density at radius 1 is 1.12 bits per heavy atom. The lowest BCUT2D eigenvalue weighted by Gasteiger charge is -2.32. The van der Waals surface area contributed by atoms with E-state index in [1.165, 1.54) is 0 Å². The number of ether oxygens (including phenoxy) is 1. The third-order valence-electron chi connectivity index (χ3n) is 4.42. The summed E-state index contributed by atoms with van der Waals surface area (Å²) in [6.45, 7) is 1.16. The molecule has 0 spiro atoms. The summed E-state index contributed by atoms with van der Waals surface area (Å²) in [7, 11) is -3.42. The Labute approximate surface area is 153 Å². The molecule has 138 valence electrons. The van der Waals surface area contributed by atoms with Gasteiger partial charge < -0.3 is 9.64 Å². The highest BCUT2D eigenvalue weighted by molar-refractivity contribution is 7.91. The molecular formula is C19H22N2O4S. The molecule has 0 bridgehead atoms. The van der Waals surface area contributed by atoms with Gasteiger partial charge in [0.05, 0.1) is 16.8 Å². The van der Waals surface area contributed by atoms with Crippen molar-refractivity contribution in [1.29, 1.82) is 0 Å². The summed E-state index contributed by atoms with van der Waals surface area (Å²) in [5, 5.41) is 0. The maximum Gasteiger partial charge on any atom is 0.223 e. The number of amides is 1. The van der Waals surface area contributed by atoms with Gasteiger partial charge in [0.25, 0.3) is 0 Å². The smallest absolute Gasteiger partial charge is 0.223 e. The highest BCUT2D eigenvalue weighted by Gasteiger charge is 2.25. The third-order valence-corrected chi connectivity index (χ3v) is 6.15. The molecule has 0 N–H and O–H groups in total. The molecule has 1 aromatic carbocycles. The van der Waals surface area contributed by atoms with Crippen molar-refractivity contribution < 1.29 is 17.9 Å². The second-order valence-corrected chi connectivity index (χ2v) is 8.38. The average molecular weight is 374 g/mol. The Morgan fingerprint density at radius 2 is 1.85 bits per heavy atom. The zero-order valence-corrected chi connectivity index (χ0v) is 15.3. The van der Waals surface area contributed by atoms with E-state index in [0.29, 0.717) is 13.1 Å². The SMILES string of the molecule is O=C(CCS(=O)(=O)c1ccccc1)N1CCC(Oc2cccnc2)CC1. The molecule has 1 aromatic heterocycles. The molecule has 0 saturated carbocycles. The van der Waals surface area contributed by atoms with Gasteiger partial charge in [-0.1, -0.05) is 18.2 Å². The van der Waals surface area contributed by atoms with Crippen LogP contribution in [0.5, 0.6) is 5.75 Å².